The zero-order valence-electron chi connectivity index (χ0n) is 14.9. The van der Waals surface area contributed by atoms with E-state index in [1.165, 1.54) is 0 Å². The number of nitrogens with zero attached hydrogens (tertiary/aromatic N) is 3. The minimum Gasteiger partial charge on any atom is -0.477 e. The van der Waals surface area contributed by atoms with Crippen molar-refractivity contribution >= 4 is 11.7 Å². The molecule has 0 unspecified atom stereocenters. The summed E-state index contributed by atoms with van der Waals surface area (Å²) in [6.07, 6.45) is 5.10. The molecule has 0 bridgehead atoms. The third-order valence-electron chi connectivity index (χ3n) is 4.33. The number of hydrogen-bond acceptors (Lipinski definition) is 6. The SMILES string of the molecule is CCOc1cncc(N2CCC(NC(=O)c3cc(C)oc3C)CC2)n1. The number of furan rings is 1. The lowest BCUT2D eigenvalue weighted by Gasteiger charge is -2.33. The molecule has 3 heterocycles. The van der Waals surface area contributed by atoms with E-state index in [1.54, 1.807) is 18.5 Å². The second-order valence-electron chi connectivity index (χ2n) is 6.21. The highest BCUT2D eigenvalue weighted by molar-refractivity contribution is 5.95. The zero-order chi connectivity index (χ0) is 17.8. The number of amides is 1. The molecule has 0 aromatic carbocycles. The molecule has 2 aromatic rings. The quantitative estimate of drug-likeness (QED) is 0.897. The minimum atomic E-state index is -0.0639. The summed E-state index contributed by atoms with van der Waals surface area (Å²) in [6.45, 7) is 7.79. The van der Waals surface area contributed by atoms with Crippen LogP contribution < -0.4 is 15.0 Å². The molecule has 0 aliphatic carbocycles. The molecule has 0 radical (unpaired) electrons. The fourth-order valence-corrected chi connectivity index (χ4v) is 3.08. The first-order valence-electron chi connectivity index (χ1n) is 8.64. The largest absolute Gasteiger partial charge is 0.477 e. The van der Waals surface area contributed by atoms with Gasteiger partial charge in [-0.25, -0.2) is 0 Å². The third kappa shape index (κ3) is 4.10. The van der Waals surface area contributed by atoms with E-state index in [0.29, 0.717) is 23.8 Å². The average molecular weight is 344 g/mol. The molecule has 1 N–H and O–H groups in total. The molecule has 0 atom stereocenters. The highest BCUT2D eigenvalue weighted by Gasteiger charge is 2.23. The Morgan fingerprint density at radius 3 is 2.76 bits per heavy atom. The summed E-state index contributed by atoms with van der Waals surface area (Å²) in [6, 6.07) is 1.94. The molecular weight excluding hydrogens is 320 g/mol. The molecule has 25 heavy (non-hydrogen) atoms. The number of piperidine rings is 1. The van der Waals surface area contributed by atoms with Crippen molar-refractivity contribution < 1.29 is 13.9 Å². The van der Waals surface area contributed by atoms with Crippen molar-refractivity contribution in [1.82, 2.24) is 15.3 Å². The van der Waals surface area contributed by atoms with Gasteiger partial charge in [0, 0.05) is 19.1 Å². The number of anilines is 1. The lowest BCUT2D eigenvalue weighted by molar-refractivity contribution is 0.0929. The normalized spacial score (nSPS) is 15.2. The summed E-state index contributed by atoms with van der Waals surface area (Å²) in [7, 11) is 0. The molecule has 1 fully saturated rings. The van der Waals surface area contributed by atoms with Gasteiger partial charge in [-0.05, 0) is 39.7 Å². The summed E-state index contributed by atoms with van der Waals surface area (Å²) >= 11 is 0. The molecule has 7 heteroatoms. The van der Waals surface area contributed by atoms with E-state index in [9.17, 15) is 4.79 Å². The van der Waals surface area contributed by atoms with Crippen molar-refractivity contribution in [2.45, 2.75) is 39.7 Å². The van der Waals surface area contributed by atoms with Gasteiger partial charge in [-0.15, -0.1) is 0 Å². The standard InChI is InChI=1S/C18H24N4O3/c1-4-24-17-11-19-10-16(21-17)22-7-5-14(6-8-22)20-18(23)15-9-12(2)25-13(15)3/h9-11,14H,4-8H2,1-3H3,(H,20,23). The highest BCUT2D eigenvalue weighted by Crippen LogP contribution is 2.20. The van der Waals surface area contributed by atoms with Gasteiger partial charge < -0.3 is 19.4 Å². The fraction of sp³-hybridized carbons (Fsp3) is 0.500. The lowest BCUT2D eigenvalue weighted by atomic mass is 10.0. The molecule has 7 nitrogen and oxygen atoms in total. The van der Waals surface area contributed by atoms with Crippen LogP contribution in [0.1, 0.15) is 41.6 Å². The van der Waals surface area contributed by atoms with Crippen LogP contribution >= 0.6 is 0 Å². The van der Waals surface area contributed by atoms with E-state index in [4.69, 9.17) is 9.15 Å². The van der Waals surface area contributed by atoms with Crippen LogP contribution in [0.4, 0.5) is 5.82 Å². The highest BCUT2D eigenvalue weighted by atomic mass is 16.5. The Morgan fingerprint density at radius 2 is 2.12 bits per heavy atom. The number of carbonyl (C=O) groups excluding carboxylic acids is 1. The smallest absolute Gasteiger partial charge is 0.255 e. The number of hydrogen-bond donors (Lipinski definition) is 1. The minimum absolute atomic E-state index is 0.0639. The number of nitrogens with one attached hydrogen (secondary N) is 1. The lowest BCUT2D eigenvalue weighted by Crippen LogP contribution is -2.45. The maximum absolute atomic E-state index is 12.4. The van der Waals surface area contributed by atoms with Crippen LogP contribution in [-0.4, -0.2) is 41.6 Å². The molecule has 1 amide bonds. The van der Waals surface area contributed by atoms with Crippen molar-refractivity contribution in [3.63, 3.8) is 0 Å². The Morgan fingerprint density at radius 1 is 1.36 bits per heavy atom. The van der Waals surface area contributed by atoms with E-state index in [2.05, 4.69) is 20.2 Å². The Kier molecular flexibility index (Phi) is 5.21. The van der Waals surface area contributed by atoms with E-state index >= 15 is 0 Å². The van der Waals surface area contributed by atoms with E-state index < -0.39 is 0 Å². The summed E-state index contributed by atoms with van der Waals surface area (Å²) in [5.74, 6) is 2.71. The van der Waals surface area contributed by atoms with Crippen LogP contribution in [0.15, 0.2) is 22.9 Å². The van der Waals surface area contributed by atoms with Crippen molar-refractivity contribution in [1.29, 1.82) is 0 Å². The van der Waals surface area contributed by atoms with Gasteiger partial charge in [0.15, 0.2) is 5.82 Å². The number of rotatable bonds is 5. The zero-order valence-corrected chi connectivity index (χ0v) is 14.9. The first kappa shape index (κ1) is 17.3. The molecule has 1 aliphatic rings. The van der Waals surface area contributed by atoms with E-state index in [1.807, 2.05) is 20.8 Å². The van der Waals surface area contributed by atoms with Gasteiger partial charge in [0.25, 0.3) is 5.91 Å². The van der Waals surface area contributed by atoms with Gasteiger partial charge in [-0.1, -0.05) is 0 Å². The Balaban J connectivity index is 1.56. The Hall–Kier alpha value is -2.57. The summed E-state index contributed by atoms with van der Waals surface area (Å²) < 4.78 is 10.8. The Labute approximate surface area is 147 Å². The maximum Gasteiger partial charge on any atom is 0.255 e. The molecular formula is C18H24N4O3. The number of aryl methyl sites for hydroxylation is 2. The predicted molar refractivity (Wildman–Crippen MR) is 94.1 cm³/mol. The van der Waals surface area contributed by atoms with E-state index in [-0.39, 0.29) is 11.9 Å². The van der Waals surface area contributed by atoms with Crippen molar-refractivity contribution in [3.05, 3.63) is 35.5 Å². The molecule has 1 saturated heterocycles. The first-order valence-corrected chi connectivity index (χ1v) is 8.64. The molecule has 2 aromatic heterocycles. The van der Waals surface area contributed by atoms with Crippen LogP contribution in [0, 0.1) is 13.8 Å². The van der Waals surface area contributed by atoms with Gasteiger partial charge in [0.1, 0.15) is 11.5 Å². The predicted octanol–water partition coefficient (Wildman–Crippen LogP) is 2.48. The van der Waals surface area contributed by atoms with Crippen LogP contribution in [0.2, 0.25) is 0 Å². The van der Waals surface area contributed by atoms with Gasteiger partial charge in [0.2, 0.25) is 5.88 Å². The summed E-state index contributed by atoms with van der Waals surface area (Å²) in [5, 5.41) is 3.11. The molecule has 0 saturated carbocycles. The van der Waals surface area contributed by atoms with Crippen LogP contribution in [-0.2, 0) is 0 Å². The molecule has 1 aliphatic heterocycles. The fourth-order valence-electron chi connectivity index (χ4n) is 3.08. The number of carbonyl (C=O) groups is 1. The van der Waals surface area contributed by atoms with Crippen LogP contribution in [0.5, 0.6) is 5.88 Å². The maximum atomic E-state index is 12.4. The monoisotopic (exact) mass is 344 g/mol. The summed E-state index contributed by atoms with van der Waals surface area (Å²) in [4.78, 5) is 23.2. The third-order valence-corrected chi connectivity index (χ3v) is 4.33. The van der Waals surface area contributed by atoms with Crippen molar-refractivity contribution in [2.75, 3.05) is 24.6 Å². The summed E-state index contributed by atoms with van der Waals surface area (Å²) in [5.41, 5.74) is 0.621. The first-order chi connectivity index (χ1) is 12.1. The number of aromatic nitrogens is 2. The van der Waals surface area contributed by atoms with Crippen molar-refractivity contribution in [3.8, 4) is 5.88 Å². The van der Waals surface area contributed by atoms with Crippen molar-refractivity contribution in [2.24, 2.45) is 0 Å². The van der Waals surface area contributed by atoms with Crippen LogP contribution in [0.3, 0.4) is 0 Å². The van der Waals surface area contributed by atoms with Crippen LogP contribution in [0.25, 0.3) is 0 Å². The molecule has 0 spiro atoms. The molecule has 3 rings (SSSR count). The van der Waals surface area contributed by atoms with Gasteiger partial charge in [-0.3, -0.25) is 9.78 Å². The van der Waals surface area contributed by atoms with E-state index in [0.717, 1.165) is 37.5 Å². The van der Waals surface area contributed by atoms with Gasteiger partial charge >= 0.3 is 0 Å². The average Bonchev–Trinajstić information content (AvgIpc) is 2.95. The second kappa shape index (κ2) is 7.55. The second-order valence-corrected chi connectivity index (χ2v) is 6.21. The van der Waals surface area contributed by atoms with Gasteiger partial charge in [-0.2, -0.15) is 4.98 Å². The van der Waals surface area contributed by atoms with Gasteiger partial charge in [0.05, 0.1) is 24.6 Å². The Bertz CT molecular complexity index is 736. The molecule has 134 valence electrons. The topological polar surface area (TPSA) is 80.5 Å². The number of ether oxygens (including phenoxy) is 1.